The van der Waals surface area contributed by atoms with E-state index in [9.17, 15) is 13.2 Å². The van der Waals surface area contributed by atoms with Crippen LogP contribution in [0.15, 0.2) is 21.7 Å². The first kappa shape index (κ1) is 15.1. The van der Waals surface area contributed by atoms with Gasteiger partial charge in [0.15, 0.2) is 0 Å². The summed E-state index contributed by atoms with van der Waals surface area (Å²) in [6.45, 7) is 0.763. The van der Waals surface area contributed by atoms with Crippen LogP contribution in [0.1, 0.15) is 0 Å². The summed E-state index contributed by atoms with van der Waals surface area (Å²) in [4.78, 5) is 11.2. The van der Waals surface area contributed by atoms with Gasteiger partial charge in [0.25, 0.3) is 10.0 Å². The van der Waals surface area contributed by atoms with Crippen LogP contribution in [0.2, 0.25) is 0 Å². The van der Waals surface area contributed by atoms with Crippen LogP contribution in [-0.4, -0.2) is 52.4 Å². The first-order valence-corrected chi connectivity index (χ1v) is 7.71. The Balaban J connectivity index is 2.46. The number of rotatable bonds is 7. The van der Waals surface area contributed by atoms with Gasteiger partial charge in [0.05, 0.1) is 6.54 Å². The third-order valence-electron chi connectivity index (χ3n) is 2.25. The van der Waals surface area contributed by atoms with Gasteiger partial charge in [-0.05, 0) is 18.5 Å². The SMILES string of the molecule is CNCC(=O)NCCN(C)S(=O)(=O)c1cccs1. The summed E-state index contributed by atoms with van der Waals surface area (Å²) >= 11 is 1.18. The number of sulfonamides is 1. The second kappa shape index (κ2) is 6.83. The predicted molar refractivity (Wildman–Crippen MR) is 71.1 cm³/mol. The maximum Gasteiger partial charge on any atom is 0.252 e. The van der Waals surface area contributed by atoms with Crippen LogP contribution >= 0.6 is 11.3 Å². The van der Waals surface area contributed by atoms with Gasteiger partial charge in [-0.2, -0.15) is 4.31 Å². The number of amides is 1. The van der Waals surface area contributed by atoms with Crippen molar-refractivity contribution in [3.63, 3.8) is 0 Å². The van der Waals surface area contributed by atoms with Crippen LogP contribution in [0, 0.1) is 0 Å². The molecule has 0 aromatic carbocycles. The van der Waals surface area contributed by atoms with E-state index in [1.54, 1.807) is 24.6 Å². The third kappa shape index (κ3) is 4.05. The molecule has 18 heavy (non-hydrogen) atoms. The molecule has 1 amide bonds. The zero-order valence-electron chi connectivity index (χ0n) is 10.3. The lowest BCUT2D eigenvalue weighted by Crippen LogP contribution is -2.38. The lowest BCUT2D eigenvalue weighted by molar-refractivity contribution is -0.120. The highest BCUT2D eigenvalue weighted by atomic mass is 32.2. The highest BCUT2D eigenvalue weighted by Gasteiger charge is 2.21. The minimum Gasteiger partial charge on any atom is -0.354 e. The van der Waals surface area contributed by atoms with Crippen LogP contribution in [0.5, 0.6) is 0 Å². The summed E-state index contributed by atoms with van der Waals surface area (Å²) < 4.78 is 25.6. The predicted octanol–water partition coefficient (Wildman–Crippen LogP) is -0.296. The average molecular weight is 291 g/mol. The molecule has 0 aliphatic rings. The van der Waals surface area contributed by atoms with Crippen LogP contribution in [0.25, 0.3) is 0 Å². The Labute approximate surface area is 111 Å². The average Bonchev–Trinajstić information content (AvgIpc) is 2.83. The number of nitrogens with one attached hydrogen (secondary N) is 2. The lowest BCUT2D eigenvalue weighted by atomic mass is 10.5. The molecule has 0 fully saturated rings. The van der Waals surface area contributed by atoms with Crippen molar-refractivity contribution in [3.05, 3.63) is 17.5 Å². The molecule has 0 spiro atoms. The number of carbonyl (C=O) groups is 1. The Hall–Kier alpha value is -0.960. The van der Waals surface area contributed by atoms with E-state index in [1.807, 2.05) is 0 Å². The highest BCUT2D eigenvalue weighted by molar-refractivity contribution is 7.91. The first-order valence-electron chi connectivity index (χ1n) is 5.39. The number of likely N-dealkylation sites (N-methyl/N-ethyl adjacent to an activating group) is 2. The lowest BCUT2D eigenvalue weighted by Gasteiger charge is -2.16. The summed E-state index contributed by atoms with van der Waals surface area (Å²) in [6.07, 6.45) is 0. The quantitative estimate of drug-likeness (QED) is 0.723. The van der Waals surface area contributed by atoms with Gasteiger partial charge in [0.1, 0.15) is 4.21 Å². The molecule has 0 bridgehead atoms. The summed E-state index contributed by atoms with van der Waals surface area (Å²) in [5.41, 5.74) is 0. The Morgan fingerprint density at radius 3 is 2.78 bits per heavy atom. The van der Waals surface area contributed by atoms with Gasteiger partial charge in [-0.25, -0.2) is 8.42 Å². The van der Waals surface area contributed by atoms with E-state index < -0.39 is 10.0 Å². The number of hydrogen-bond donors (Lipinski definition) is 2. The van der Waals surface area contributed by atoms with Crippen molar-refractivity contribution in [1.29, 1.82) is 0 Å². The fourth-order valence-corrected chi connectivity index (χ4v) is 3.63. The zero-order chi connectivity index (χ0) is 13.6. The molecule has 6 nitrogen and oxygen atoms in total. The second-order valence-electron chi connectivity index (χ2n) is 3.64. The molecule has 0 atom stereocenters. The number of hydrogen-bond acceptors (Lipinski definition) is 5. The fourth-order valence-electron chi connectivity index (χ4n) is 1.26. The molecule has 102 valence electrons. The summed E-state index contributed by atoms with van der Waals surface area (Å²) in [7, 11) is -0.248. The van der Waals surface area contributed by atoms with Gasteiger partial charge in [0.2, 0.25) is 5.91 Å². The largest absolute Gasteiger partial charge is 0.354 e. The van der Waals surface area contributed by atoms with Crippen LogP contribution in [-0.2, 0) is 14.8 Å². The third-order valence-corrected chi connectivity index (χ3v) is 5.48. The molecule has 1 heterocycles. The minimum atomic E-state index is -3.42. The molecule has 2 N–H and O–H groups in total. The molecule has 0 unspecified atom stereocenters. The van der Waals surface area contributed by atoms with Crippen LogP contribution in [0.3, 0.4) is 0 Å². The number of thiophene rings is 1. The maximum absolute atomic E-state index is 12.0. The van der Waals surface area contributed by atoms with E-state index in [0.29, 0.717) is 10.8 Å². The van der Waals surface area contributed by atoms with Crippen molar-refractivity contribution in [2.24, 2.45) is 0 Å². The maximum atomic E-state index is 12.0. The number of carbonyl (C=O) groups excluding carboxylic acids is 1. The van der Waals surface area contributed by atoms with Crippen LogP contribution < -0.4 is 10.6 Å². The van der Waals surface area contributed by atoms with E-state index in [2.05, 4.69) is 10.6 Å². The minimum absolute atomic E-state index is 0.153. The van der Waals surface area contributed by atoms with Gasteiger partial charge >= 0.3 is 0 Å². The molecular formula is C10H17N3O3S2. The Morgan fingerprint density at radius 1 is 1.50 bits per heavy atom. The van der Waals surface area contributed by atoms with E-state index in [0.717, 1.165) is 0 Å². The second-order valence-corrected chi connectivity index (χ2v) is 6.86. The van der Waals surface area contributed by atoms with Gasteiger partial charge < -0.3 is 10.6 Å². The molecule has 0 saturated carbocycles. The van der Waals surface area contributed by atoms with E-state index >= 15 is 0 Å². The molecule has 1 aromatic rings. The molecule has 0 radical (unpaired) electrons. The molecule has 0 saturated heterocycles. The van der Waals surface area contributed by atoms with Crippen molar-refractivity contribution in [2.45, 2.75) is 4.21 Å². The first-order chi connectivity index (χ1) is 8.48. The van der Waals surface area contributed by atoms with E-state index in [4.69, 9.17) is 0 Å². The molecule has 0 aliphatic heterocycles. The molecular weight excluding hydrogens is 274 g/mol. The van der Waals surface area contributed by atoms with Crippen molar-refractivity contribution < 1.29 is 13.2 Å². The van der Waals surface area contributed by atoms with Gasteiger partial charge in [-0.1, -0.05) is 6.07 Å². The van der Waals surface area contributed by atoms with Gasteiger partial charge in [-0.3, -0.25) is 4.79 Å². The van der Waals surface area contributed by atoms with E-state index in [1.165, 1.54) is 22.7 Å². The van der Waals surface area contributed by atoms with Crippen molar-refractivity contribution in [2.75, 3.05) is 33.7 Å². The van der Waals surface area contributed by atoms with Gasteiger partial charge in [0, 0.05) is 20.1 Å². The standard InChI is InChI=1S/C10H17N3O3S2/c1-11-8-9(14)12-5-6-13(2)18(15,16)10-4-3-7-17-10/h3-4,7,11H,5-6,8H2,1-2H3,(H,12,14). The van der Waals surface area contributed by atoms with Crippen molar-refractivity contribution in [3.8, 4) is 0 Å². The summed E-state index contributed by atoms with van der Waals surface area (Å²) in [6, 6.07) is 3.26. The monoisotopic (exact) mass is 291 g/mol. The van der Waals surface area contributed by atoms with Crippen LogP contribution in [0.4, 0.5) is 0 Å². The molecule has 0 aliphatic carbocycles. The Morgan fingerprint density at radius 2 is 2.22 bits per heavy atom. The summed E-state index contributed by atoms with van der Waals surface area (Å²) in [5, 5.41) is 7.06. The van der Waals surface area contributed by atoms with Gasteiger partial charge in [-0.15, -0.1) is 11.3 Å². The van der Waals surface area contributed by atoms with Crippen molar-refractivity contribution >= 4 is 27.3 Å². The Kier molecular flexibility index (Phi) is 5.73. The smallest absolute Gasteiger partial charge is 0.252 e. The highest BCUT2D eigenvalue weighted by Crippen LogP contribution is 2.19. The molecule has 1 aromatic heterocycles. The molecule has 1 rings (SSSR count). The fraction of sp³-hybridized carbons (Fsp3) is 0.500. The Bertz CT molecular complexity index is 471. The van der Waals surface area contributed by atoms with E-state index in [-0.39, 0.29) is 19.0 Å². The molecule has 8 heteroatoms. The van der Waals surface area contributed by atoms with Crippen molar-refractivity contribution in [1.82, 2.24) is 14.9 Å². The number of nitrogens with zero attached hydrogens (tertiary/aromatic N) is 1. The normalized spacial score (nSPS) is 11.7. The summed E-state index contributed by atoms with van der Waals surface area (Å²) in [5.74, 6) is -0.153. The topological polar surface area (TPSA) is 78.5 Å². The zero-order valence-corrected chi connectivity index (χ0v) is 12.0.